The van der Waals surface area contributed by atoms with E-state index in [-0.39, 0.29) is 19.1 Å². The molecule has 2 heterocycles. The molecular formula is C11H14FN3O4S. The summed E-state index contributed by atoms with van der Waals surface area (Å²) < 4.78 is 43.6. The van der Waals surface area contributed by atoms with Crippen molar-refractivity contribution in [2.24, 2.45) is 0 Å². The maximum Gasteiger partial charge on any atom is 0.407 e. The van der Waals surface area contributed by atoms with Crippen molar-refractivity contribution in [1.82, 2.24) is 14.6 Å². The third kappa shape index (κ3) is 2.88. The van der Waals surface area contributed by atoms with E-state index in [0.717, 1.165) is 10.4 Å². The fraction of sp³-hybridized carbons (Fsp3) is 0.455. The van der Waals surface area contributed by atoms with E-state index >= 15 is 0 Å². The fourth-order valence-corrected chi connectivity index (χ4v) is 3.45. The number of pyridine rings is 1. The average Bonchev–Trinajstić information content (AvgIpc) is 2.88. The standard InChI is InChI=1S/C11H14FN3O4S/c1-19-11(16)14-8-4-6-15(7-8)20(17,18)10-9(12)3-2-5-13-10/h2-3,5,8H,4,6-7H2,1H3,(H,14,16). The first-order valence-corrected chi connectivity index (χ1v) is 7.34. The number of carbonyl (C=O) groups excluding carboxylic acids is 1. The molecule has 1 atom stereocenters. The Kier molecular flexibility index (Phi) is 4.19. The fourth-order valence-electron chi connectivity index (χ4n) is 1.97. The van der Waals surface area contributed by atoms with Crippen molar-refractivity contribution in [3.8, 4) is 0 Å². The molecule has 0 spiro atoms. The van der Waals surface area contributed by atoms with Gasteiger partial charge in [0.15, 0.2) is 5.82 Å². The predicted octanol–water partition coefficient (Wildman–Crippen LogP) is 0.340. The van der Waals surface area contributed by atoms with Crippen LogP contribution in [0.5, 0.6) is 0 Å². The number of ether oxygens (including phenoxy) is 1. The number of nitrogens with one attached hydrogen (secondary N) is 1. The van der Waals surface area contributed by atoms with Gasteiger partial charge in [-0.3, -0.25) is 0 Å². The highest BCUT2D eigenvalue weighted by molar-refractivity contribution is 7.89. The second-order valence-electron chi connectivity index (χ2n) is 4.27. The van der Waals surface area contributed by atoms with Crippen LogP contribution in [0.15, 0.2) is 23.4 Å². The second-order valence-corrected chi connectivity index (χ2v) is 6.13. The van der Waals surface area contributed by atoms with Crippen LogP contribution in [0.2, 0.25) is 0 Å². The smallest absolute Gasteiger partial charge is 0.407 e. The van der Waals surface area contributed by atoms with Crippen molar-refractivity contribution in [1.29, 1.82) is 0 Å². The van der Waals surface area contributed by atoms with Crippen molar-refractivity contribution in [2.75, 3.05) is 20.2 Å². The molecule has 1 N–H and O–H groups in total. The van der Waals surface area contributed by atoms with E-state index in [4.69, 9.17) is 0 Å². The van der Waals surface area contributed by atoms with Crippen LogP contribution in [0.4, 0.5) is 9.18 Å². The van der Waals surface area contributed by atoms with Gasteiger partial charge in [0.25, 0.3) is 10.0 Å². The van der Waals surface area contributed by atoms with Crippen molar-refractivity contribution < 1.29 is 22.3 Å². The highest BCUT2D eigenvalue weighted by Gasteiger charge is 2.35. The molecule has 1 aliphatic heterocycles. The van der Waals surface area contributed by atoms with Gasteiger partial charge in [-0.15, -0.1) is 0 Å². The molecule has 9 heteroatoms. The quantitative estimate of drug-likeness (QED) is 0.870. The minimum Gasteiger partial charge on any atom is -0.453 e. The normalized spacial score (nSPS) is 19.8. The highest BCUT2D eigenvalue weighted by Crippen LogP contribution is 2.21. The first-order chi connectivity index (χ1) is 9.45. The van der Waals surface area contributed by atoms with Gasteiger partial charge in [0, 0.05) is 25.3 Å². The molecule has 1 aromatic rings. The van der Waals surface area contributed by atoms with Gasteiger partial charge in [-0.2, -0.15) is 4.31 Å². The number of sulfonamides is 1. The lowest BCUT2D eigenvalue weighted by Crippen LogP contribution is -2.38. The number of aromatic nitrogens is 1. The molecule has 0 bridgehead atoms. The summed E-state index contributed by atoms with van der Waals surface area (Å²) in [5.74, 6) is -0.892. The van der Waals surface area contributed by atoms with Gasteiger partial charge in [-0.1, -0.05) is 0 Å². The van der Waals surface area contributed by atoms with Crippen LogP contribution in [-0.4, -0.2) is 50.0 Å². The van der Waals surface area contributed by atoms with Crippen molar-refractivity contribution in [3.05, 3.63) is 24.1 Å². The molecule has 0 aromatic carbocycles. The summed E-state index contributed by atoms with van der Waals surface area (Å²) in [7, 11) is -2.77. The van der Waals surface area contributed by atoms with Gasteiger partial charge < -0.3 is 10.1 Å². The van der Waals surface area contributed by atoms with Crippen molar-refractivity contribution in [2.45, 2.75) is 17.5 Å². The Bertz CT molecular complexity index is 607. The molecule has 0 radical (unpaired) electrons. The lowest BCUT2D eigenvalue weighted by Gasteiger charge is -2.16. The molecular weight excluding hydrogens is 289 g/mol. The monoisotopic (exact) mass is 303 g/mol. The number of rotatable bonds is 3. The van der Waals surface area contributed by atoms with E-state index in [9.17, 15) is 17.6 Å². The number of hydrogen-bond acceptors (Lipinski definition) is 5. The van der Waals surface area contributed by atoms with Gasteiger partial charge in [-0.05, 0) is 18.6 Å². The molecule has 1 aromatic heterocycles. The molecule has 7 nitrogen and oxygen atoms in total. The zero-order chi connectivity index (χ0) is 14.8. The Morgan fingerprint density at radius 2 is 2.35 bits per heavy atom. The maximum absolute atomic E-state index is 13.5. The Morgan fingerprint density at radius 1 is 1.60 bits per heavy atom. The molecule has 1 saturated heterocycles. The first-order valence-electron chi connectivity index (χ1n) is 5.90. The minimum absolute atomic E-state index is 0.0629. The Hall–Kier alpha value is -1.74. The van der Waals surface area contributed by atoms with E-state index < -0.39 is 27.0 Å². The summed E-state index contributed by atoms with van der Waals surface area (Å²) in [5.41, 5.74) is 0. The highest BCUT2D eigenvalue weighted by atomic mass is 32.2. The van der Waals surface area contributed by atoms with Gasteiger partial charge in [0.2, 0.25) is 5.03 Å². The van der Waals surface area contributed by atoms with Crippen LogP contribution in [0.1, 0.15) is 6.42 Å². The van der Waals surface area contributed by atoms with Crippen LogP contribution in [-0.2, 0) is 14.8 Å². The van der Waals surface area contributed by atoms with Gasteiger partial charge in [0.1, 0.15) is 0 Å². The van der Waals surface area contributed by atoms with E-state index in [1.54, 1.807) is 0 Å². The number of carbonyl (C=O) groups is 1. The number of nitrogens with zero attached hydrogens (tertiary/aromatic N) is 2. The summed E-state index contributed by atoms with van der Waals surface area (Å²) in [6.07, 6.45) is 1.03. The zero-order valence-corrected chi connectivity index (χ0v) is 11.6. The summed E-state index contributed by atoms with van der Waals surface area (Å²) in [4.78, 5) is 14.7. The van der Waals surface area contributed by atoms with Crippen LogP contribution < -0.4 is 5.32 Å². The lowest BCUT2D eigenvalue weighted by molar-refractivity contribution is 0.167. The third-order valence-corrected chi connectivity index (χ3v) is 4.77. The number of alkyl carbamates (subject to hydrolysis) is 1. The largest absolute Gasteiger partial charge is 0.453 e. The Balaban J connectivity index is 2.13. The molecule has 1 aliphatic rings. The first kappa shape index (κ1) is 14.7. The minimum atomic E-state index is -3.99. The molecule has 2 rings (SSSR count). The van der Waals surface area contributed by atoms with Crippen LogP contribution in [0.25, 0.3) is 0 Å². The van der Waals surface area contributed by atoms with Crippen LogP contribution in [0.3, 0.4) is 0 Å². The summed E-state index contributed by atoms with van der Waals surface area (Å²) in [5, 5.41) is 1.92. The lowest BCUT2D eigenvalue weighted by atomic mass is 10.3. The number of halogens is 1. The van der Waals surface area contributed by atoms with Gasteiger partial charge in [0.05, 0.1) is 7.11 Å². The van der Waals surface area contributed by atoms with E-state index in [0.29, 0.717) is 6.42 Å². The number of amides is 1. The molecule has 1 amide bonds. The average molecular weight is 303 g/mol. The maximum atomic E-state index is 13.5. The molecule has 1 unspecified atom stereocenters. The topological polar surface area (TPSA) is 88.6 Å². The summed E-state index contributed by atoms with van der Waals surface area (Å²) in [6, 6.07) is 2.00. The summed E-state index contributed by atoms with van der Waals surface area (Å²) >= 11 is 0. The van der Waals surface area contributed by atoms with E-state index in [1.807, 2.05) is 0 Å². The SMILES string of the molecule is COC(=O)NC1CCN(S(=O)(=O)c2ncccc2F)C1. The van der Waals surface area contributed by atoms with Crippen molar-refractivity contribution in [3.63, 3.8) is 0 Å². The predicted molar refractivity (Wildman–Crippen MR) is 66.9 cm³/mol. The van der Waals surface area contributed by atoms with E-state index in [1.165, 1.54) is 19.4 Å². The van der Waals surface area contributed by atoms with Gasteiger partial charge in [-0.25, -0.2) is 22.6 Å². The molecule has 0 aliphatic carbocycles. The van der Waals surface area contributed by atoms with E-state index in [2.05, 4.69) is 15.0 Å². The van der Waals surface area contributed by atoms with Crippen LogP contribution >= 0.6 is 0 Å². The number of methoxy groups -OCH3 is 1. The number of hydrogen-bond donors (Lipinski definition) is 1. The summed E-state index contributed by atoms with van der Waals surface area (Å²) in [6.45, 7) is 0.250. The van der Waals surface area contributed by atoms with Gasteiger partial charge >= 0.3 is 6.09 Å². The van der Waals surface area contributed by atoms with Crippen molar-refractivity contribution >= 4 is 16.1 Å². The molecule has 1 fully saturated rings. The molecule has 110 valence electrons. The van der Waals surface area contributed by atoms with Crippen LogP contribution in [0, 0.1) is 5.82 Å². The third-order valence-electron chi connectivity index (χ3n) is 2.97. The zero-order valence-electron chi connectivity index (χ0n) is 10.7. The Labute approximate surface area is 115 Å². The Morgan fingerprint density at radius 3 is 3.00 bits per heavy atom. The second kappa shape index (κ2) is 5.71. The molecule has 20 heavy (non-hydrogen) atoms. The molecule has 0 saturated carbocycles.